The third-order valence-electron chi connectivity index (χ3n) is 2.27. The van der Waals surface area contributed by atoms with Gasteiger partial charge in [0.25, 0.3) is 0 Å². The summed E-state index contributed by atoms with van der Waals surface area (Å²) in [6.45, 7) is -0.545. The predicted molar refractivity (Wildman–Crippen MR) is 63.5 cm³/mol. The molecule has 0 fully saturated rings. The lowest BCUT2D eigenvalue weighted by Gasteiger charge is -2.22. The van der Waals surface area contributed by atoms with E-state index in [1.807, 2.05) is 0 Å². The first-order valence-corrected chi connectivity index (χ1v) is 5.47. The Kier molecular flexibility index (Phi) is 4.65. The van der Waals surface area contributed by atoms with Crippen LogP contribution in [0, 0.1) is 0 Å². The minimum absolute atomic E-state index is 0.308. The van der Waals surface area contributed by atoms with Crippen molar-refractivity contribution in [3.05, 3.63) is 28.8 Å². The van der Waals surface area contributed by atoms with E-state index >= 15 is 0 Å². The molecule has 0 saturated carbocycles. The van der Waals surface area contributed by atoms with Crippen molar-refractivity contribution in [1.82, 2.24) is 0 Å². The molecule has 0 amide bonds. The van der Waals surface area contributed by atoms with Crippen molar-refractivity contribution in [3.63, 3.8) is 0 Å². The van der Waals surface area contributed by atoms with Gasteiger partial charge in [0, 0.05) is 7.05 Å². The van der Waals surface area contributed by atoms with Gasteiger partial charge in [0.1, 0.15) is 6.54 Å². The zero-order chi connectivity index (χ0) is 13.1. The molecule has 0 heterocycles. The third kappa shape index (κ3) is 4.44. The molecule has 0 aromatic heterocycles. The molecule has 6 heteroatoms. The second kappa shape index (κ2) is 5.60. The van der Waals surface area contributed by atoms with Crippen molar-refractivity contribution < 1.29 is 13.2 Å². The molecule has 0 aliphatic rings. The van der Waals surface area contributed by atoms with E-state index in [4.69, 9.17) is 17.3 Å². The van der Waals surface area contributed by atoms with Crippen LogP contribution in [0.1, 0.15) is 5.56 Å². The van der Waals surface area contributed by atoms with Gasteiger partial charge in [-0.15, -0.1) is 0 Å². The summed E-state index contributed by atoms with van der Waals surface area (Å²) < 4.78 is 36.7. The fourth-order valence-corrected chi connectivity index (χ4v) is 1.88. The van der Waals surface area contributed by atoms with Crippen LogP contribution in [0.2, 0.25) is 5.02 Å². The van der Waals surface area contributed by atoms with E-state index in [-0.39, 0.29) is 0 Å². The zero-order valence-corrected chi connectivity index (χ0v) is 10.1. The summed E-state index contributed by atoms with van der Waals surface area (Å²) in [6.07, 6.45) is -3.59. The Bertz CT molecular complexity index is 379. The van der Waals surface area contributed by atoms with Crippen LogP contribution in [0.15, 0.2) is 18.2 Å². The summed E-state index contributed by atoms with van der Waals surface area (Å²) in [5, 5.41) is 0.308. The minimum Gasteiger partial charge on any atom is -0.365 e. The van der Waals surface area contributed by atoms with Gasteiger partial charge in [0.2, 0.25) is 0 Å². The summed E-state index contributed by atoms with van der Waals surface area (Å²) in [7, 11) is 1.36. The van der Waals surface area contributed by atoms with E-state index in [0.717, 1.165) is 10.5 Å². The average molecular weight is 267 g/mol. The largest absolute Gasteiger partial charge is 0.405 e. The number of anilines is 1. The Morgan fingerprint density at radius 1 is 1.35 bits per heavy atom. The van der Waals surface area contributed by atoms with Crippen molar-refractivity contribution in [2.45, 2.75) is 12.6 Å². The van der Waals surface area contributed by atoms with Gasteiger partial charge in [-0.05, 0) is 30.7 Å². The van der Waals surface area contributed by atoms with Gasteiger partial charge in [-0.25, -0.2) is 0 Å². The number of benzene rings is 1. The van der Waals surface area contributed by atoms with Crippen molar-refractivity contribution in [3.8, 4) is 0 Å². The van der Waals surface area contributed by atoms with Gasteiger partial charge in [-0.2, -0.15) is 13.2 Å². The Morgan fingerprint density at radius 3 is 2.47 bits per heavy atom. The van der Waals surface area contributed by atoms with Gasteiger partial charge in [0.15, 0.2) is 0 Å². The molecule has 0 atom stereocenters. The first-order chi connectivity index (χ1) is 7.83. The smallest absolute Gasteiger partial charge is 0.365 e. The molecule has 2 N–H and O–H groups in total. The molecule has 0 radical (unpaired) electrons. The molecule has 1 rings (SSSR count). The van der Waals surface area contributed by atoms with Gasteiger partial charge in [0.05, 0.1) is 10.7 Å². The van der Waals surface area contributed by atoms with E-state index in [2.05, 4.69) is 0 Å². The highest BCUT2D eigenvalue weighted by Gasteiger charge is 2.29. The van der Waals surface area contributed by atoms with Crippen molar-refractivity contribution in [1.29, 1.82) is 0 Å². The summed E-state index contributed by atoms with van der Waals surface area (Å²) in [5.74, 6) is 0. The van der Waals surface area contributed by atoms with E-state index < -0.39 is 12.7 Å². The third-order valence-corrected chi connectivity index (χ3v) is 2.58. The van der Waals surface area contributed by atoms with E-state index in [9.17, 15) is 13.2 Å². The van der Waals surface area contributed by atoms with Crippen molar-refractivity contribution in [2.24, 2.45) is 5.73 Å². The van der Waals surface area contributed by atoms with Gasteiger partial charge >= 0.3 is 6.18 Å². The first kappa shape index (κ1) is 14.1. The molecular formula is C11H14ClF3N2. The fraction of sp³-hybridized carbons (Fsp3) is 0.455. The Morgan fingerprint density at radius 2 is 2.00 bits per heavy atom. The highest BCUT2D eigenvalue weighted by Crippen LogP contribution is 2.28. The summed E-state index contributed by atoms with van der Waals surface area (Å²) >= 11 is 5.94. The lowest BCUT2D eigenvalue weighted by molar-refractivity contribution is -0.119. The number of nitrogens with zero attached hydrogens (tertiary/aromatic N) is 1. The second-order valence-electron chi connectivity index (χ2n) is 3.80. The number of hydrogen-bond donors (Lipinski definition) is 1. The van der Waals surface area contributed by atoms with Gasteiger partial charge in [-0.1, -0.05) is 17.7 Å². The van der Waals surface area contributed by atoms with E-state index in [1.165, 1.54) is 7.05 Å². The molecule has 1 aromatic rings. The minimum atomic E-state index is -4.24. The number of rotatable bonds is 4. The van der Waals surface area contributed by atoms with Gasteiger partial charge < -0.3 is 10.6 Å². The SMILES string of the molecule is CN(CC(F)(F)F)c1ccc(CCN)cc1Cl. The Hall–Kier alpha value is -0.940. The molecule has 0 spiro atoms. The molecule has 96 valence electrons. The average Bonchev–Trinajstić information content (AvgIpc) is 2.15. The highest BCUT2D eigenvalue weighted by molar-refractivity contribution is 6.33. The molecule has 0 aliphatic heterocycles. The number of nitrogens with two attached hydrogens (primary N) is 1. The van der Waals surface area contributed by atoms with Crippen LogP contribution in [-0.2, 0) is 6.42 Å². The summed E-state index contributed by atoms with van der Waals surface area (Å²) in [6, 6.07) is 4.97. The summed E-state index contributed by atoms with van der Waals surface area (Å²) in [4.78, 5) is 1.08. The molecule has 0 bridgehead atoms. The molecule has 0 unspecified atom stereocenters. The highest BCUT2D eigenvalue weighted by atomic mass is 35.5. The van der Waals surface area contributed by atoms with Crippen LogP contribution in [0.3, 0.4) is 0 Å². The van der Waals surface area contributed by atoms with Crippen LogP contribution in [0.4, 0.5) is 18.9 Å². The quantitative estimate of drug-likeness (QED) is 0.908. The molecule has 2 nitrogen and oxygen atoms in total. The summed E-state index contributed by atoms with van der Waals surface area (Å²) in [5.41, 5.74) is 6.67. The lowest BCUT2D eigenvalue weighted by Crippen LogP contribution is -2.31. The Labute approximate surface area is 103 Å². The molecule has 1 aromatic carbocycles. The van der Waals surface area contributed by atoms with Crippen LogP contribution in [-0.4, -0.2) is 26.3 Å². The maximum atomic E-state index is 12.2. The predicted octanol–water partition coefficient (Wildman–Crippen LogP) is 2.84. The monoisotopic (exact) mass is 266 g/mol. The van der Waals surface area contributed by atoms with Crippen LogP contribution in [0.25, 0.3) is 0 Å². The van der Waals surface area contributed by atoms with Crippen LogP contribution in [0.5, 0.6) is 0 Å². The maximum absolute atomic E-state index is 12.2. The van der Waals surface area contributed by atoms with E-state index in [1.54, 1.807) is 18.2 Å². The number of hydrogen-bond acceptors (Lipinski definition) is 2. The van der Waals surface area contributed by atoms with Crippen LogP contribution < -0.4 is 10.6 Å². The zero-order valence-electron chi connectivity index (χ0n) is 9.39. The van der Waals surface area contributed by atoms with Gasteiger partial charge in [-0.3, -0.25) is 0 Å². The topological polar surface area (TPSA) is 29.3 Å². The van der Waals surface area contributed by atoms with Crippen molar-refractivity contribution in [2.75, 3.05) is 25.0 Å². The Balaban J connectivity index is 2.84. The lowest BCUT2D eigenvalue weighted by atomic mass is 10.1. The molecule has 0 saturated heterocycles. The number of alkyl halides is 3. The molecule has 0 aliphatic carbocycles. The number of halogens is 4. The first-order valence-electron chi connectivity index (χ1n) is 5.10. The standard InChI is InChI=1S/C11H14ClF3N2/c1-17(7-11(13,14)15)10-3-2-8(4-5-16)6-9(10)12/h2-3,6H,4-5,7,16H2,1H3. The maximum Gasteiger partial charge on any atom is 0.405 e. The van der Waals surface area contributed by atoms with E-state index in [0.29, 0.717) is 23.7 Å². The second-order valence-corrected chi connectivity index (χ2v) is 4.20. The normalized spacial score (nSPS) is 11.6. The fourth-order valence-electron chi connectivity index (χ4n) is 1.54. The molecule has 17 heavy (non-hydrogen) atoms. The molecular weight excluding hydrogens is 253 g/mol. The van der Waals surface area contributed by atoms with Crippen molar-refractivity contribution >= 4 is 17.3 Å². The van der Waals surface area contributed by atoms with Crippen LogP contribution >= 0.6 is 11.6 Å².